The van der Waals surface area contributed by atoms with Crippen LogP contribution in [0.15, 0.2) is 24.3 Å². The fraction of sp³-hybridized carbons (Fsp3) is 0.333. The number of nitrogens with zero attached hydrogens (tertiary/aromatic N) is 1. The monoisotopic (exact) mass is 157 g/mol. The normalized spacial score (nSPS) is 35.6. The van der Waals surface area contributed by atoms with Gasteiger partial charge >= 0.3 is 5.72 Å². The van der Waals surface area contributed by atoms with E-state index in [0.29, 0.717) is 0 Å². The van der Waals surface area contributed by atoms with Crippen LogP contribution in [-0.4, -0.2) is 27.0 Å². The second kappa shape index (κ2) is 2.44. The predicted octanol–water partition coefficient (Wildman–Crippen LogP) is -0.561. The van der Waals surface area contributed by atoms with Gasteiger partial charge in [0.25, 0.3) is 0 Å². The van der Waals surface area contributed by atoms with E-state index in [1.165, 1.54) is 12.2 Å². The van der Waals surface area contributed by atoms with E-state index in [4.69, 9.17) is 10.2 Å². The quantitative estimate of drug-likeness (QED) is 0.303. The van der Waals surface area contributed by atoms with Crippen LogP contribution in [0.1, 0.15) is 0 Å². The van der Waals surface area contributed by atoms with Crippen molar-refractivity contribution < 1.29 is 15.1 Å². The lowest BCUT2D eigenvalue weighted by molar-refractivity contribution is -0.618. The van der Waals surface area contributed by atoms with Crippen molar-refractivity contribution >= 4 is 0 Å². The van der Waals surface area contributed by atoms with Crippen molar-refractivity contribution in [2.75, 3.05) is 0 Å². The van der Waals surface area contributed by atoms with Crippen molar-refractivity contribution in [3.63, 3.8) is 0 Å². The number of allylic oxidation sites excluding steroid dienone is 2. The van der Waals surface area contributed by atoms with Crippen molar-refractivity contribution in [2.45, 2.75) is 11.8 Å². The maximum absolute atomic E-state index is 10.2. The van der Waals surface area contributed by atoms with Crippen molar-refractivity contribution in [2.24, 2.45) is 0 Å². The van der Waals surface area contributed by atoms with Crippen LogP contribution in [0.25, 0.3) is 0 Å². The molecule has 2 N–H and O–H groups in total. The lowest BCUT2D eigenvalue weighted by atomic mass is 10.0. The molecule has 0 fully saturated rings. The van der Waals surface area contributed by atoms with E-state index in [2.05, 4.69) is 0 Å². The third-order valence-electron chi connectivity index (χ3n) is 1.47. The number of nitro groups is 1. The van der Waals surface area contributed by atoms with Gasteiger partial charge in [0.15, 0.2) is 6.10 Å². The molecule has 2 unspecified atom stereocenters. The summed E-state index contributed by atoms with van der Waals surface area (Å²) in [5.41, 5.74) is -2.35. The van der Waals surface area contributed by atoms with Crippen LogP contribution in [0, 0.1) is 10.1 Å². The second-order valence-electron chi connectivity index (χ2n) is 2.23. The molecule has 0 aliphatic heterocycles. The molecule has 0 aromatic carbocycles. The molecule has 0 saturated carbocycles. The molecule has 0 saturated heterocycles. The first-order chi connectivity index (χ1) is 5.07. The van der Waals surface area contributed by atoms with Crippen molar-refractivity contribution in [1.82, 2.24) is 0 Å². The average Bonchev–Trinajstić information content (AvgIpc) is 1.95. The highest BCUT2D eigenvalue weighted by molar-refractivity contribution is 5.18. The van der Waals surface area contributed by atoms with Crippen molar-refractivity contribution in [1.29, 1.82) is 0 Å². The Hall–Kier alpha value is -1.20. The Kier molecular flexibility index (Phi) is 1.76. The van der Waals surface area contributed by atoms with Gasteiger partial charge in [0.2, 0.25) is 0 Å². The molecular weight excluding hydrogens is 150 g/mol. The number of hydrogen-bond donors (Lipinski definition) is 2. The molecule has 0 bridgehead atoms. The molecule has 0 spiro atoms. The molecule has 1 aliphatic carbocycles. The number of aliphatic hydroxyl groups excluding tert-OH is 1. The summed E-state index contributed by atoms with van der Waals surface area (Å²) in [4.78, 5) is 9.26. The van der Waals surface area contributed by atoms with Gasteiger partial charge in [0.1, 0.15) is 0 Å². The zero-order chi connectivity index (χ0) is 8.48. The smallest absolute Gasteiger partial charge is 0.371 e. The van der Waals surface area contributed by atoms with E-state index < -0.39 is 16.8 Å². The third kappa shape index (κ3) is 1.15. The summed E-state index contributed by atoms with van der Waals surface area (Å²) in [6.07, 6.45) is 3.38. The van der Waals surface area contributed by atoms with Gasteiger partial charge in [-0.1, -0.05) is 12.2 Å². The number of rotatable bonds is 1. The van der Waals surface area contributed by atoms with E-state index in [1.54, 1.807) is 0 Å². The van der Waals surface area contributed by atoms with Crippen LogP contribution in [0.2, 0.25) is 0 Å². The predicted molar refractivity (Wildman–Crippen MR) is 36.2 cm³/mol. The van der Waals surface area contributed by atoms with Gasteiger partial charge in [-0.3, -0.25) is 10.1 Å². The summed E-state index contributed by atoms with van der Waals surface area (Å²) in [6.45, 7) is 0. The summed E-state index contributed by atoms with van der Waals surface area (Å²) in [5, 5.41) is 28.3. The van der Waals surface area contributed by atoms with Crippen LogP contribution in [0.4, 0.5) is 0 Å². The molecule has 0 amide bonds. The highest BCUT2D eigenvalue weighted by Crippen LogP contribution is 2.18. The Balaban J connectivity index is 2.94. The van der Waals surface area contributed by atoms with Crippen LogP contribution >= 0.6 is 0 Å². The summed E-state index contributed by atoms with van der Waals surface area (Å²) < 4.78 is 0. The van der Waals surface area contributed by atoms with Gasteiger partial charge in [0, 0.05) is 6.08 Å². The maximum atomic E-state index is 10.2. The van der Waals surface area contributed by atoms with Gasteiger partial charge < -0.3 is 10.2 Å². The van der Waals surface area contributed by atoms with E-state index in [0.717, 1.165) is 12.2 Å². The van der Waals surface area contributed by atoms with E-state index in [-0.39, 0.29) is 0 Å². The van der Waals surface area contributed by atoms with Crippen molar-refractivity contribution in [3.05, 3.63) is 34.4 Å². The zero-order valence-electron chi connectivity index (χ0n) is 5.54. The Morgan fingerprint density at radius 1 is 1.55 bits per heavy atom. The average molecular weight is 157 g/mol. The maximum Gasteiger partial charge on any atom is 0.371 e. The topological polar surface area (TPSA) is 83.6 Å². The molecule has 5 heteroatoms. The fourth-order valence-corrected chi connectivity index (χ4v) is 0.776. The van der Waals surface area contributed by atoms with Crippen LogP contribution < -0.4 is 0 Å². The highest BCUT2D eigenvalue weighted by atomic mass is 16.7. The van der Waals surface area contributed by atoms with Gasteiger partial charge in [-0.2, -0.15) is 0 Å². The Bertz CT molecular complexity index is 235. The van der Waals surface area contributed by atoms with E-state index in [9.17, 15) is 10.1 Å². The minimum atomic E-state index is -2.35. The molecular formula is C6H7NO4. The summed E-state index contributed by atoms with van der Waals surface area (Å²) >= 11 is 0. The van der Waals surface area contributed by atoms with Crippen LogP contribution in [0.3, 0.4) is 0 Å². The molecule has 0 radical (unpaired) electrons. The minimum Gasteiger partial charge on any atom is -0.379 e. The summed E-state index contributed by atoms with van der Waals surface area (Å²) in [7, 11) is 0. The standard InChI is InChI=1S/C6H7NO4/c8-5-3-1-2-4-6(5,9)7(10)11/h1-5,8-9H. The van der Waals surface area contributed by atoms with Gasteiger partial charge in [-0.15, -0.1) is 0 Å². The molecule has 2 atom stereocenters. The SMILES string of the molecule is O=[N+]([O-])C1(O)C=CC=CC1O. The summed E-state index contributed by atoms with van der Waals surface area (Å²) in [5.74, 6) is 0. The molecule has 1 aliphatic rings. The van der Waals surface area contributed by atoms with Crippen molar-refractivity contribution in [3.8, 4) is 0 Å². The first-order valence-electron chi connectivity index (χ1n) is 2.98. The van der Waals surface area contributed by atoms with E-state index >= 15 is 0 Å². The molecule has 0 heterocycles. The Morgan fingerprint density at radius 3 is 2.55 bits per heavy atom. The minimum absolute atomic E-state index is 0.933. The Labute approximate surface area is 62.4 Å². The second-order valence-corrected chi connectivity index (χ2v) is 2.23. The first-order valence-corrected chi connectivity index (χ1v) is 2.98. The molecule has 0 aromatic rings. The lowest BCUT2D eigenvalue weighted by Crippen LogP contribution is -2.47. The third-order valence-corrected chi connectivity index (χ3v) is 1.47. The molecule has 60 valence electrons. The van der Waals surface area contributed by atoms with Crippen LogP contribution in [-0.2, 0) is 0 Å². The molecule has 11 heavy (non-hydrogen) atoms. The van der Waals surface area contributed by atoms with Gasteiger partial charge in [-0.05, 0) is 6.08 Å². The van der Waals surface area contributed by atoms with Gasteiger partial charge in [-0.25, -0.2) is 0 Å². The fourth-order valence-electron chi connectivity index (χ4n) is 0.776. The summed E-state index contributed by atoms with van der Waals surface area (Å²) in [6, 6.07) is 0. The molecule has 0 aromatic heterocycles. The zero-order valence-corrected chi connectivity index (χ0v) is 5.54. The number of hydrogen-bond acceptors (Lipinski definition) is 4. The van der Waals surface area contributed by atoms with Gasteiger partial charge in [0.05, 0.1) is 4.92 Å². The number of aliphatic hydroxyl groups is 2. The highest BCUT2D eigenvalue weighted by Gasteiger charge is 2.45. The Morgan fingerprint density at radius 2 is 2.18 bits per heavy atom. The van der Waals surface area contributed by atoms with Crippen LogP contribution in [0.5, 0.6) is 0 Å². The lowest BCUT2D eigenvalue weighted by Gasteiger charge is -2.20. The first kappa shape index (κ1) is 7.90. The van der Waals surface area contributed by atoms with E-state index in [1.807, 2.05) is 0 Å². The molecule has 5 nitrogen and oxygen atoms in total. The molecule has 1 rings (SSSR count). The largest absolute Gasteiger partial charge is 0.379 e.